The summed E-state index contributed by atoms with van der Waals surface area (Å²) in [5.74, 6) is 1.65. The highest BCUT2D eigenvalue weighted by Crippen LogP contribution is 2.38. The van der Waals surface area contributed by atoms with Gasteiger partial charge in [0.15, 0.2) is 11.5 Å². The van der Waals surface area contributed by atoms with E-state index in [9.17, 15) is 0 Å². The number of fused-ring (bicyclic) bond motifs is 1. The van der Waals surface area contributed by atoms with Gasteiger partial charge in [0.1, 0.15) is 13.2 Å². The zero-order chi connectivity index (χ0) is 12.8. The SMILES string of the molecule is C/C=C/CCNCc1cc(Br)c2c(c1)OCCO2. The zero-order valence-corrected chi connectivity index (χ0v) is 12.1. The molecule has 1 aliphatic heterocycles. The van der Waals surface area contributed by atoms with Crippen LogP contribution in [0.15, 0.2) is 28.8 Å². The van der Waals surface area contributed by atoms with Gasteiger partial charge < -0.3 is 14.8 Å². The topological polar surface area (TPSA) is 30.5 Å². The van der Waals surface area contributed by atoms with E-state index in [1.54, 1.807) is 0 Å². The van der Waals surface area contributed by atoms with E-state index in [-0.39, 0.29) is 0 Å². The molecule has 1 aromatic carbocycles. The maximum atomic E-state index is 5.60. The van der Waals surface area contributed by atoms with Crippen LogP contribution in [0.4, 0.5) is 0 Å². The van der Waals surface area contributed by atoms with Crippen molar-refractivity contribution in [3.05, 3.63) is 34.3 Å². The number of hydrogen-bond donors (Lipinski definition) is 1. The quantitative estimate of drug-likeness (QED) is 0.668. The van der Waals surface area contributed by atoms with Crippen LogP contribution in [0.25, 0.3) is 0 Å². The van der Waals surface area contributed by atoms with Crippen molar-refractivity contribution < 1.29 is 9.47 Å². The second-order valence-electron chi connectivity index (χ2n) is 4.14. The highest BCUT2D eigenvalue weighted by molar-refractivity contribution is 9.10. The Kier molecular flexibility index (Phi) is 5.08. The Bertz CT molecular complexity index is 432. The molecule has 0 saturated carbocycles. The number of nitrogens with one attached hydrogen (secondary N) is 1. The number of halogens is 1. The number of rotatable bonds is 5. The molecule has 0 aliphatic carbocycles. The monoisotopic (exact) mass is 311 g/mol. The normalized spacial score (nSPS) is 14.1. The molecule has 0 bridgehead atoms. The molecular weight excluding hydrogens is 294 g/mol. The van der Waals surface area contributed by atoms with Gasteiger partial charge in [0.2, 0.25) is 0 Å². The summed E-state index contributed by atoms with van der Waals surface area (Å²) in [4.78, 5) is 0. The molecule has 1 aliphatic rings. The van der Waals surface area contributed by atoms with Crippen LogP contribution in [0, 0.1) is 0 Å². The Morgan fingerprint density at radius 1 is 1.33 bits per heavy atom. The average molecular weight is 312 g/mol. The summed E-state index contributed by atoms with van der Waals surface area (Å²) in [6, 6.07) is 4.12. The molecule has 18 heavy (non-hydrogen) atoms. The van der Waals surface area contributed by atoms with Gasteiger partial charge in [-0.15, -0.1) is 0 Å². The third-order valence-corrected chi connectivity index (χ3v) is 3.30. The molecule has 0 aromatic heterocycles. The largest absolute Gasteiger partial charge is 0.486 e. The van der Waals surface area contributed by atoms with Crippen LogP contribution in [0.5, 0.6) is 11.5 Å². The van der Waals surface area contributed by atoms with Gasteiger partial charge >= 0.3 is 0 Å². The number of hydrogen-bond acceptors (Lipinski definition) is 3. The highest BCUT2D eigenvalue weighted by atomic mass is 79.9. The van der Waals surface area contributed by atoms with E-state index in [0.717, 1.165) is 35.5 Å². The molecule has 0 atom stereocenters. The van der Waals surface area contributed by atoms with Gasteiger partial charge in [0.25, 0.3) is 0 Å². The predicted molar refractivity (Wildman–Crippen MR) is 76.3 cm³/mol. The van der Waals surface area contributed by atoms with Crippen molar-refractivity contribution in [2.45, 2.75) is 19.9 Å². The van der Waals surface area contributed by atoms with E-state index in [2.05, 4.69) is 39.5 Å². The summed E-state index contributed by atoms with van der Waals surface area (Å²) in [5, 5.41) is 3.40. The molecule has 0 fully saturated rings. The average Bonchev–Trinajstić information content (AvgIpc) is 2.39. The van der Waals surface area contributed by atoms with Gasteiger partial charge in [0, 0.05) is 6.54 Å². The molecule has 2 rings (SSSR count). The summed E-state index contributed by atoms with van der Waals surface area (Å²) in [5.41, 5.74) is 1.20. The van der Waals surface area contributed by atoms with Crippen molar-refractivity contribution >= 4 is 15.9 Å². The first-order valence-electron chi connectivity index (χ1n) is 6.21. The lowest BCUT2D eigenvalue weighted by Gasteiger charge is -2.20. The number of allylic oxidation sites excluding steroid dienone is 1. The summed E-state index contributed by atoms with van der Waals surface area (Å²) >= 11 is 3.52. The van der Waals surface area contributed by atoms with E-state index < -0.39 is 0 Å². The third-order valence-electron chi connectivity index (χ3n) is 2.71. The van der Waals surface area contributed by atoms with Gasteiger partial charge in [-0.2, -0.15) is 0 Å². The molecule has 3 nitrogen and oxygen atoms in total. The van der Waals surface area contributed by atoms with Crippen LogP contribution in [0.1, 0.15) is 18.9 Å². The Labute approximate surface area is 116 Å². The van der Waals surface area contributed by atoms with Crippen LogP contribution >= 0.6 is 15.9 Å². The molecular formula is C14H18BrNO2. The van der Waals surface area contributed by atoms with Gasteiger partial charge in [-0.25, -0.2) is 0 Å². The summed E-state index contributed by atoms with van der Waals surface area (Å²) in [6.45, 7) is 5.10. The first kappa shape index (κ1) is 13.4. The molecule has 0 unspecified atom stereocenters. The zero-order valence-electron chi connectivity index (χ0n) is 10.5. The molecule has 1 heterocycles. The highest BCUT2D eigenvalue weighted by Gasteiger charge is 2.15. The lowest BCUT2D eigenvalue weighted by molar-refractivity contribution is 0.170. The Morgan fingerprint density at radius 3 is 3.00 bits per heavy atom. The minimum absolute atomic E-state index is 0.618. The fourth-order valence-corrected chi connectivity index (χ4v) is 2.45. The molecule has 0 amide bonds. The standard InChI is InChI=1S/C14H18BrNO2/c1-2-3-4-5-16-10-11-8-12(15)14-13(9-11)17-6-7-18-14/h2-3,8-9,16H,4-7,10H2,1H3/b3-2+. The summed E-state index contributed by atoms with van der Waals surface area (Å²) < 4.78 is 12.1. The van der Waals surface area contributed by atoms with Crippen LogP contribution in [-0.4, -0.2) is 19.8 Å². The van der Waals surface area contributed by atoms with Crippen LogP contribution < -0.4 is 14.8 Å². The number of benzene rings is 1. The molecule has 98 valence electrons. The molecule has 0 saturated heterocycles. The van der Waals surface area contributed by atoms with Gasteiger partial charge in [-0.3, -0.25) is 0 Å². The Hall–Kier alpha value is -1.00. The predicted octanol–water partition coefficient (Wildman–Crippen LogP) is 3.28. The van der Waals surface area contributed by atoms with Gasteiger partial charge in [0.05, 0.1) is 4.47 Å². The van der Waals surface area contributed by atoms with Crippen LogP contribution in [0.3, 0.4) is 0 Å². The number of ether oxygens (including phenoxy) is 2. The van der Waals surface area contributed by atoms with E-state index in [4.69, 9.17) is 9.47 Å². The molecule has 0 spiro atoms. The van der Waals surface area contributed by atoms with Crippen LogP contribution in [0.2, 0.25) is 0 Å². The third kappa shape index (κ3) is 3.50. The molecule has 1 aromatic rings. The smallest absolute Gasteiger partial charge is 0.175 e. The van der Waals surface area contributed by atoms with Crippen molar-refractivity contribution in [2.75, 3.05) is 19.8 Å². The maximum Gasteiger partial charge on any atom is 0.175 e. The Morgan fingerprint density at radius 2 is 2.17 bits per heavy atom. The fraction of sp³-hybridized carbons (Fsp3) is 0.429. The van der Waals surface area contributed by atoms with E-state index >= 15 is 0 Å². The molecule has 0 radical (unpaired) electrons. The van der Waals surface area contributed by atoms with E-state index in [1.165, 1.54) is 5.56 Å². The lowest BCUT2D eigenvalue weighted by Crippen LogP contribution is -2.17. The first-order chi connectivity index (χ1) is 8.81. The van der Waals surface area contributed by atoms with Crippen molar-refractivity contribution in [1.29, 1.82) is 0 Å². The molecule has 4 heteroatoms. The van der Waals surface area contributed by atoms with Crippen molar-refractivity contribution in [3.8, 4) is 11.5 Å². The second-order valence-corrected chi connectivity index (χ2v) is 4.99. The first-order valence-corrected chi connectivity index (χ1v) is 7.00. The lowest BCUT2D eigenvalue weighted by atomic mass is 10.2. The van der Waals surface area contributed by atoms with E-state index in [0.29, 0.717) is 13.2 Å². The van der Waals surface area contributed by atoms with Crippen LogP contribution in [-0.2, 0) is 6.54 Å². The van der Waals surface area contributed by atoms with Gasteiger partial charge in [-0.05, 0) is 53.5 Å². The van der Waals surface area contributed by atoms with Crippen molar-refractivity contribution in [1.82, 2.24) is 5.32 Å². The van der Waals surface area contributed by atoms with E-state index in [1.807, 2.05) is 13.0 Å². The maximum absolute atomic E-state index is 5.60. The fourth-order valence-electron chi connectivity index (χ4n) is 1.85. The molecule has 1 N–H and O–H groups in total. The Balaban J connectivity index is 1.95. The minimum atomic E-state index is 0.618. The summed E-state index contributed by atoms with van der Waals surface area (Å²) in [7, 11) is 0. The van der Waals surface area contributed by atoms with Gasteiger partial charge in [-0.1, -0.05) is 12.2 Å². The van der Waals surface area contributed by atoms with Crippen molar-refractivity contribution in [2.24, 2.45) is 0 Å². The summed E-state index contributed by atoms with van der Waals surface area (Å²) in [6.07, 6.45) is 5.29. The van der Waals surface area contributed by atoms with Crippen molar-refractivity contribution in [3.63, 3.8) is 0 Å². The minimum Gasteiger partial charge on any atom is -0.486 e. The second kappa shape index (κ2) is 6.81.